The van der Waals surface area contributed by atoms with Gasteiger partial charge in [-0.05, 0) is 67.2 Å². The second-order valence-electron chi connectivity index (χ2n) is 8.33. The van der Waals surface area contributed by atoms with Crippen molar-refractivity contribution in [1.29, 1.82) is 5.26 Å². The zero-order chi connectivity index (χ0) is 22.8. The number of carbonyl (C=O) groups is 1. The number of alkyl carbamates (subject to hydrolysis) is 1. The molecule has 0 aliphatic carbocycles. The molecule has 2 heterocycles. The topological polar surface area (TPSA) is 78.2 Å². The monoisotopic (exact) mass is 492 g/mol. The van der Waals surface area contributed by atoms with Crippen LogP contribution in [0.5, 0.6) is 0 Å². The van der Waals surface area contributed by atoms with Crippen molar-refractivity contribution in [2.75, 3.05) is 18.0 Å². The number of hydrogen-bond donors (Lipinski definition) is 1. The fraction of sp³-hybridized carbons (Fsp3) is 0.409. The van der Waals surface area contributed by atoms with Crippen LogP contribution >= 0.6 is 15.9 Å². The summed E-state index contributed by atoms with van der Waals surface area (Å²) in [5.41, 5.74) is -0.182. The van der Waals surface area contributed by atoms with Crippen LogP contribution in [0, 0.1) is 23.0 Å². The van der Waals surface area contributed by atoms with Crippen LogP contribution in [0.15, 0.2) is 28.9 Å². The van der Waals surface area contributed by atoms with Crippen molar-refractivity contribution in [2.45, 2.75) is 45.3 Å². The standard InChI is InChI=1S/C22H23BrF2N4O2/c1-22(2,3)31-21(30)28-15-6-8-29(9-7-15)20-19(25)18(16(23)12-27-20)13-4-5-14(11-26)17(24)10-13/h4-5,10,12,15H,6-9H2,1-3H3,(H,28,30). The van der Waals surface area contributed by atoms with Crippen LogP contribution in [0.3, 0.4) is 0 Å². The first kappa shape index (κ1) is 22.9. The molecule has 1 aromatic carbocycles. The Hall–Kier alpha value is -2.73. The van der Waals surface area contributed by atoms with E-state index in [9.17, 15) is 9.18 Å². The summed E-state index contributed by atoms with van der Waals surface area (Å²) >= 11 is 3.29. The molecule has 31 heavy (non-hydrogen) atoms. The lowest BCUT2D eigenvalue weighted by Crippen LogP contribution is -2.46. The third-order valence-corrected chi connectivity index (χ3v) is 5.45. The number of pyridine rings is 1. The summed E-state index contributed by atoms with van der Waals surface area (Å²) in [5.74, 6) is -1.12. The van der Waals surface area contributed by atoms with E-state index in [2.05, 4.69) is 26.2 Å². The van der Waals surface area contributed by atoms with Gasteiger partial charge in [0.1, 0.15) is 17.5 Å². The van der Waals surface area contributed by atoms with Gasteiger partial charge in [-0.15, -0.1) is 0 Å². The summed E-state index contributed by atoms with van der Waals surface area (Å²) in [4.78, 5) is 18.0. The second-order valence-corrected chi connectivity index (χ2v) is 9.19. The molecule has 3 rings (SSSR count). The highest BCUT2D eigenvalue weighted by molar-refractivity contribution is 9.10. The Bertz CT molecular complexity index is 1030. The minimum absolute atomic E-state index is 0.0725. The van der Waals surface area contributed by atoms with Crippen LogP contribution in [0.1, 0.15) is 39.2 Å². The molecule has 0 unspecified atom stereocenters. The van der Waals surface area contributed by atoms with E-state index in [1.807, 2.05) is 0 Å². The maximum absolute atomic E-state index is 15.4. The Morgan fingerprint density at radius 2 is 2.00 bits per heavy atom. The molecular formula is C22H23BrF2N4O2. The molecular weight excluding hydrogens is 470 g/mol. The van der Waals surface area contributed by atoms with Crippen LogP contribution in [-0.2, 0) is 4.74 Å². The van der Waals surface area contributed by atoms with Gasteiger partial charge in [-0.3, -0.25) is 0 Å². The lowest BCUT2D eigenvalue weighted by Gasteiger charge is -2.34. The van der Waals surface area contributed by atoms with Gasteiger partial charge in [-0.1, -0.05) is 6.07 Å². The van der Waals surface area contributed by atoms with E-state index >= 15 is 4.39 Å². The SMILES string of the molecule is CC(C)(C)OC(=O)NC1CCN(c2ncc(Br)c(-c3ccc(C#N)c(F)c3)c2F)CC1. The number of nitrogens with zero attached hydrogens (tertiary/aromatic N) is 3. The molecule has 1 aliphatic rings. The van der Waals surface area contributed by atoms with E-state index in [1.54, 1.807) is 31.7 Å². The molecule has 1 N–H and O–H groups in total. The highest BCUT2D eigenvalue weighted by Crippen LogP contribution is 2.36. The van der Waals surface area contributed by atoms with E-state index in [0.29, 0.717) is 36.0 Å². The Morgan fingerprint density at radius 1 is 1.32 bits per heavy atom. The van der Waals surface area contributed by atoms with E-state index in [1.165, 1.54) is 18.3 Å². The average Bonchev–Trinajstić information content (AvgIpc) is 2.68. The molecule has 1 aromatic heterocycles. The van der Waals surface area contributed by atoms with Gasteiger partial charge in [0, 0.05) is 35.4 Å². The number of rotatable bonds is 3. The number of ether oxygens (including phenoxy) is 1. The predicted molar refractivity (Wildman–Crippen MR) is 117 cm³/mol. The molecule has 1 amide bonds. The van der Waals surface area contributed by atoms with Gasteiger partial charge in [0.2, 0.25) is 0 Å². The molecule has 2 aromatic rings. The minimum atomic E-state index is -0.710. The number of carbonyl (C=O) groups excluding carboxylic acids is 1. The van der Waals surface area contributed by atoms with Crippen molar-refractivity contribution in [1.82, 2.24) is 10.3 Å². The van der Waals surface area contributed by atoms with Crippen LogP contribution in [0.4, 0.5) is 19.4 Å². The van der Waals surface area contributed by atoms with E-state index < -0.39 is 23.3 Å². The molecule has 0 radical (unpaired) electrons. The Kier molecular flexibility index (Phi) is 6.80. The van der Waals surface area contributed by atoms with Crippen molar-refractivity contribution < 1.29 is 18.3 Å². The van der Waals surface area contributed by atoms with Crippen molar-refractivity contribution in [2.24, 2.45) is 0 Å². The zero-order valence-electron chi connectivity index (χ0n) is 17.5. The Morgan fingerprint density at radius 3 is 2.58 bits per heavy atom. The lowest BCUT2D eigenvalue weighted by molar-refractivity contribution is 0.0497. The fourth-order valence-electron chi connectivity index (χ4n) is 3.41. The number of amides is 1. The maximum Gasteiger partial charge on any atom is 0.407 e. The predicted octanol–water partition coefficient (Wildman–Crippen LogP) is 5.15. The Balaban J connectivity index is 1.75. The summed E-state index contributed by atoms with van der Waals surface area (Å²) in [5, 5.41) is 11.8. The van der Waals surface area contributed by atoms with Gasteiger partial charge in [0.05, 0.1) is 5.56 Å². The highest BCUT2D eigenvalue weighted by Gasteiger charge is 2.27. The number of nitrogens with one attached hydrogen (secondary N) is 1. The summed E-state index contributed by atoms with van der Waals surface area (Å²) in [6, 6.07) is 5.65. The third kappa shape index (κ3) is 5.50. The first-order chi connectivity index (χ1) is 14.6. The molecule has 1 aliphatic heterocycles. The highest BCUT2D eigenvalue weighted by atomic mass is 79.9. The quantitative estimate of drug-likeness (QED) is 0.640. The molecule has 0 atom stereocenters. The van der Waals surface area contributed by atoms with Gasteiger partial charge in [-0.25, -0.2) is 18.6 Å². The number of piperidine rings is 1. The third-order valence-electron chi connectivity index (χ3n) is 4.85. The van der Waals surface area contributed by atoms with Gasteiger partial charge >= 0.3 is 6.09 Å². The molecule has 0 bridgehead atoms. The minimum Gasteiger partial charge on any atom is -0.444 e. The van der Waals surface area contributed by atoms with Gasteiger partial charge in [0.15, 0.2) is 11.6 Å². The smallest absolute Gasteiger partial charge is 0.407 e. The largest absolute Gasteiger partial charge is 0.444 e. The second kappa shape index (κ2) is 9.18. The number of hydrogen-bond acceptors (Lipinski definition) is 5. The molecule has 1 fully saturated rings. The lowest BCUT2D eigenvalue weighted by atomic mass is 10.0. The van der Waals surface area contributed by atoms with Crippen molar-refractivity contribution >= 4 is 27.8 Å². The number of aromatic nitrogens is 1. The van der Waals surface area contributed by atoms with Crippen LogP contribution in [0.25, 0.3) is 11.1 Å². The number of anilines is 1. The molecule has 0 spiro atoms. The van der Waals surface area contributed by atoms with Crippen LogP contribution < -0.4 is 10.2 Å². The first-order valence-electron chi connectivity index (χ1n) is 9.87. The first-order valence-corrected chi connectivity index (χ1v) is 10.7. The molecule has 6 nitrogen and oxygen atoms in total. The maximum atomic E-state index is 15.4. The summed E-state index contributed by atoms with van der Waals surface area (Å²) in [6.45, 7) is 6.39. The summed E-state index contributed by atoms with van der Waals surface area (Å²) < 4.78 is 35.1. The Labute approximate surface area is 188 Å². The van der Waals surface area contributed by atoms with Crippen LogP contribution in [-0.4, -0.2) is 35.8 Å². The fourth-order valence-corrected chi connectivity index (χ4v) is 3.92. The van der Waals surface area contributed by atoms with E-state index in [-0.39, 0.29) is 23.0 Å². The number of benzene rings is 1. The van der Waals surface area contributed by atoms with Crippen molar-refractivity contribution in [3.8, 4) is 17.2 Å². The van der Waals surface area contributed by atoms with Crippen molar-refractivity contribution in [3.05, 3.63) is 46.1 Å². The molecule has 9 heteroatoms. The molecule has 0 saturated carbocycles. The van der Waals surface area contributed by atoms with Gasteiger partial charge < -0.3 is 15.0 Å². The normalized spacial score (nSPS) is 14.8. The van der Waals surface area contributed by atoms with E-state index in [4.69, 9.17) is 10.00 Å². The van der Waals surface area contributed by atoms with E-state index in [0.717, 1.165) is 6.07 Å². The summed E-state index contributed by atoms with van der Waals surface area (Å²) in [6.07, 6.45) is 2.23. The van der Waals surface area contributed by atoms with Crippen molar-refractivity contribution in [3.63, 3.8) is 0 Å². The average molecular weight is 493 g/mol. The van der Waals surface area contributed by atoms with Gasteiger partial charge in [-0.2, -0.15) is 5.26 Å². The zero-order valence-corrected chi connectivity index (χ0v) is 19.1. The van der Waals surface area contributed by atoms with Crippen LogP contribution in [0.2, 0.25) is 0 Å². The molecule has 1 saturated heterocycles. The van der Waals surface area contributed by atoms with Gasteiger partial charge in [0.25, 0.3) is 0 Å². The molecule has 164 valence electrons. The summed E-state index contributed by atoms with van der Waals surface area (Å²) in [7, 11) is 0. The number of halogens is 3. The number of nitriles is 1.